The molecule has 1 aromatic heterocycles. The fourth-order valence-corrected chi connectivity index (χ4v) is 3.73. The molecule has 136 valence electrons. The van der Waals surface area contributed by atoms with Crippen LogP contribution in [0.5, 0.6) is 0 Å². The van der Waals surface area contributed by atoms with Crippen molar-refractivity contribution in [2.75, 3.05) is 0 Å². The number of hydrogen-bond donors (Lipinski definition) is 0. The summed E-state index contributed by atoms with van der Waals surface area (Å²) in [4.78, 5) is 25.4. The number of benzene rings is 1. The van der Waals surface area contributed by atoms with Gasteiger partial charge in [-0.2, -0.15) is 5.26 Å². The molecule has 5 heteroatoms. The monoisotopic (exact) mass is 368 g/mol. The largest absolute Gasteiger partial charge is 0.298 e. The molecular weight excluding hydrogens is 344 g/mol. The minimum Gasteiger partial charge on any atom is -0.298 e. The van der Waals surface area contributed by atoms with Crippen molar-refractivity contribution < 1.29 is 4.79 Å². The van der Waals surface area contributed by atoms with Gasteiger partial charge in [-0.25, -0.2) is 0 Å². The molecule has 0 aliphatic heterocycles. The number of carbonyl (C=O) groups excluding carboxylic acids is 1. The Morgan fingerprint density at radius 2 is 1.85 bits per heavy atom. The van der Waals surface area contributed by atoms with Crippen LogP contribution in [0.25, 0.3) is 11.6 Å². The molecule has 4 nitrogen and oxygen atoms in total. The first-order chi connectivity index (χ1) is 12.2. The first-order valence-corrected chi connectivity index (χ1v) is 9.54. The number of thiazole rings is 1. The summed E-state index contributed by atoms with van der Waals surface area (Å²) < 4.78 is 2.48. The Bertz CT molecular complexity index is 1030. The standard InChI is InChI=1S/C21H24N2O2S/c1-6-14-8-10-15(11-9-14)12-17-19(25)23(7-2)20(26-17)16(13-22)18(24)21(3,4)5/h8-12H,6-7H2,1-5H3/b17-12+,20-16+. The molecule has 0 saturated heterocycles. The van der Waals surface area contributed by atoms with E-state index in [9.17, 15) is 14.9 Å². The third-order valence-corrected chi connectivity index (χ3v) is 5.27. The number of nitriles is 1. The van der Waals surface area contributed by atoms with E-state index in [4.69, 9.17) is 0 Å². The molecule has 26 heavy (non-hydrogen) atoms. The van der Waals surface area contributed by atoms with Crippen LogP contribution in [-0.4, -0.2) is 10.4 Å². The Balaban J connectivity index is 2.75. The van der Waals surface area contributed by atoms with Gasteiger partial charge in [-0.15, -0.1) is 11.3 Å². The van der Waals surface area contributed by atoms with Gasteiger partial charge in [-0.3, -0.25) is 14.2 Å². The molecule has 0 fully saturated rings. The number of aryl methyl sites for hydroxylation is 1. The van der Waals surface area contributed by atoms with Gasteiger partial charge in [0.25, 0.3) is 5.56 Å². The zero-order valence-corrected chi connectivity index (χ0v) is 16.7. The topological polar surface area (TPSA) is 62.9 Å². The van der Waals surface area contributed by atoms with Gasteiger partial charge < -0.3 is 0 Å². The molecule has 0 aliphatic rings. The SMILES string of the molecule is CCc1ccc(/C=c2/s/c(=C(\C#N)C(=O)C(C)(C)C)n(CC)c2=O)cc1. The molecule has 0 bridgehead atoms. The van der Waals surface area contributed by atoms with E-state index in [1.807, 2.05) is 43.3 Å². The van der Waals surface area contributed by atoms with Gasteiger partial charge in [-0.05, 0) is 30.5 Å². The highest BCUT2D eigenvalue weighted by atomic mass is 32.1. The molecule has 0 radical (unpaired) electrons. The summed E-state index contributed by atoms with van der Waals surface area (Å²) in [5.74, 6) is -0.248. The van der Waals surface area contributed by atoms with Gasteiger partial charge in [0.15, 0.2) is 5.78 Å². The summed E-state index contributed by atoms with van der Waals surface area (Å²) in [7, 11) is 0. The molecule has 1 aromatic carbocycles. The maximum Gasteiger partial charge on any atom is 0.269 e. The van der Waals surface area contributed by atoms with Crippen molar-refractivity contribution in [3.63, 3.8) is 0 Å². The normalized spacial score (nSPS) is 13.5. The van der Waals surface area contributed by atoms with E-state index in [1.165, 1.54) is 21.5 Å². The lowest BCUT2D eigenvalue weighted by atomic mass is 9.87. The second-order valence-electron chi connectivity index (χ2n) is 7.13. The molecule has 0 saturated carbocycles. The number of aromatic nitrogens is 1. The number of nitrogens with zero attached hydrogens (tertiary/aromatic N) is 2. The minimum atomic E-state index is -0.677. The van der Waals surface area contributed by atoms with E-state index in [1.54, 1.807) is 20.8 Å². The molecule has 2 aromatic rings. The summed E-state index contributed by atoms with van der Waals surface area (Å²) in [5, 5.41) is 9.55. The summed E-state index contributed by atoms with van der Waals surface area (Å²) in [6, 6.07) is 10.0. The Labute approximate surface area is 157 Å². The van der Waals surface area contributed by atoms with Gasteiger partial charge in [-0.1, -0.05) is 52.0 Å². The van der Waals surface area contributed by atoms with E-state index in [0.717, 1.165) is 12.0 Å². The molecule has 0 spiro atoms. The van der Waals surface area contributed by atoms with Crippen LogP contribution >= 0.6 is 11.3 Å². The summed E-state index contributed by atoms with van der Waals surface area (Å²) >= 11 is 1.21. The summed E-state index contributed by atoms with van der Waals surface area (Å²) in [6.45, 7) is 9.67. The molecule has 0 unspecified atom stereocenters. The van der Waals surface area contributed by atoms with Crippen LogP contribution in [0.3, 0.4) is 0 Å². The molecule has 0 N–H and O–H groups in total. The van der Waals surface area contributed by atoms with Crippen molar-refractivity contribution in [2.24, 2.45) is 5.41 Å². The number of hydrogen-bond acceptors (Lipinski definition) is 4. The van der Waals surface area contributed by atoms with Crippen LogP contribution in [0.15, 0.2) is 29.1 Å². The average molecular weight is 369 g/mol. The Hall–Kier alpha value is -2.45. The number of rotatable bonds is 4. The van der Waals surface area contributed by atoms with Crippen LogP contribution in [-0.2, 0) is 17.8 Å². The first kappa shape index (κ1) is 19.9. The zero-order chi connectivity index (χ0) is 19.5. The number of ketones is 1. The van der Waals surface area contributed by atoms with Gasteiger partial charge in [0.2, 0.25) is 0 Å². The van der Waals surface area contributed by atoms with E-state index in [2.05, 4.69) is 6.92 Å². The highest BCUT2D eigenvalue weighted by molar-refractivity contribution is 7.07. The van der Waals surface area contributed by atoms with Crippen molar-refractivity contribution in [2.45, 2.75) is 47.6 Å². The third-order valence-electron chi connectivity index (χ3n) is 4.14. The average Bonchev–Trinajstić information content (AvgIpc) is 2.91. The van der Waals surface area contributed by atoms with Crippen molar-refractivity contribution >= 4 is 28.8 Å². The van der Waals surface area contributed by atoms with E-state index < -0.39 is 5.41 Å². The van der Waals surface area contributed by atoms with Crippen LogP contribution in [0.1, 0.15) is 45.7 Å². The quantitative estimate of drug-likeness (QED) is 0.833. The van der Waals surface area contributed by atoms with Gasteiger partial charge in [0.1, 0.15) is 16.3 Å². The fourth-order valence-electron chi connectivity index (χ4n) is 2.56. The molecular formula is C21H24N2O2S. The molecule has 1 heterocycles. The van der Waals surface area contributed by atoms with Crippen LogP contribution < -0.4 is 14.8 Å². The van der Waals surface area contributed by atoms with Crippen molar-refractivity contribution in [3.8, 4) is 6.07 Å². The molecule has 2 rings (SSSR count). The second kappa shape index (κ2) is 7.84. The van der Waals surface area contributed by atoms with Gasteiger partial charge >= 0.3 is 0 Å². The fraction of sp³-hybridized carbons (Fsp3) is 0.381. The molecule has 0 amide bonds. The van der Waals surface area contributed by atoms with E-state index >= 15 is 0 Å². The second-order valence-corrected chi connectivity index (χ2v) is 8.16. The van der Waals surface area contributed by atoms with Crippen LogP contribution in [0, 0.1) is 16.7 Å². The van der Waals surface area contributed by atoms with Crippen molar-refractivity contribution in [1.82, 2.24) is 4.57 Å². The van der Waals surface area contributed by atoms with E-state index in [0.29, 0.717) is 15.7 Å². The maximum atomic E-state index is 12.7. The van der Waals surface area contributed by atoms with E-state index in [-0.39, 0.29) is 16.9 Å². The van der Waals surface area contributed by atoms with Gasteiger partial charge in [0, 0.05) is 12.0 Å². The van der Waals surface area contributed by atoms with Crippen molar-refractivity contribution in [3.05, 3.63) is 54.9 Å². The zero-order valence-electron chi connectivity index (χ0n) is 15.9. The third kappa shape index (κ3) is 4.03. The highest BCUT2D eigenvalue weighted by Crippen LogP contribution is 2.19. The lowest BCUT2D eigenvalue weighted by Crippen LogP contribution is -2.33. The minimum absolute atomic E-state index is 0.0578. The predicted molar refractivity (Wildman–Crippen MR) is 106 cm³/mol. The lowest BCUT2D eigenvalue weighted by Gasteiger charge is -2.15. The lowest BCUT2D eigenvalue weighted by molar-refractivity contribution is -0.120. The van der Waals surface area contributed by atoms with Crippen LogP contribution in [0.2, 0.25) is 0 Å². The first-order valence-electron chi connectivity index (χ1n) is 8.72. The smallest absolute Gasteiger partial charge is 0.269 e. The van der Waals surface area contributed by atoms with Crippen molar-refractivity contribution in [1.29, 1.82) is 5.26 Å². The van der Waals surface area contributed by atoms with Gasteiger partial charge in [0.05, 0.1) is 4.53 Å². The Morgan fingerprint density at radius 3 is 2.31 bits per heavy atom. The molecule has 0 atom stereocenters. The number of carbonyl (C=O) groups is 1. The molecule has 0 aliphatic carbocycles. The van der Waals surface area contributed by atoms with Crippen LogP contribution in [0.4, 0.5) is 0 Å². The predicted octanol–water partition coefficient (Wildman–Crippen LogP) is 2.61. The highest BCUT2D eigenvalue weighted by Gasteiger charge is 2.27. The maximum absolute atomic E-state index is 12.7. The number of Topliss-reactive ketones (excluding diaryl/α,β-unsaturated/α-hetero) is 1. The summed E-state index contributed by atoms with van der Waals surface area (Å²) in [5.41, 5.74) is 1.37. The Kier molecular flexibility index (Phi) is 5.99. The summed E-state index contributed by atoms with van der Waals surface area (Å²) in [6.07, 6.45) is 2.78. The Morgan fingerprint density at radius 1 is 1.23 bits per heavy atom.